The standard InChI is InChI=1S/C20H16N6O2/c1-27-17-3-2-12(13-4-5-28-10-13)6-16(17)26-20-18-15(14-7-24-25-8-14)9-21-19(18)22-11-23-20/h2-11H,1H3,(H,24,25)(H2,21,22,23,26). The first-order chi connectivity index (χ1) is 13.8. The lowest BCUT2D eigenvalue weighted by molar-refractivity contribution is 0.417. The summed E-state index contributed by atoms with van der Waals surface area (Å²) >= 11 is 0. The van der Waals surface area contributed by atoms with Gasteiger partial charge in [-0.1, -0.05) is 6.07 Å². The van der Waals surface area contributed by atoms with Gasteiger partial charge in [-0.2, -0.15) is 5.10 Å². The number of hydrogen-bond acceptors (Lipinski definition) is 6. The molecular weight excluding hydrogens is 356 g/mol. The molecule has 4 aromatic heterocycles. The number of ether oxygens (including phenoxy) is 1. The lowest BCUT2D eigenvalue weighted by atomic mass is 10.1. The highest BCUT2D eigenvalue weighted by Crippen LogP contribution is 2.36. The van der Waals surface area contributed by atoms with Crippen molar-refractivity contribution in [1.29, 1.82) is 0 Å². The normalized spacial score (nSPS) is 11.0. The number of methoxy groups -OCH3 is 1. The highest BCUT2D eigenvalue weighted by molar-refractivity contribution is 6.01. The fourth-order valence-corrected chi connectivity index (χ4v) is 3.22. The molecule has 0 fully saturated rings. The van der Waals surface area contributed by atoms with Crippen LogP contribution in [0.5, 0.6) is 5.75 Å². The average Bonchev–Trinajstić information content (AvgIpc) is 3.49. The number of nitrogens with one attached hydrogen (secondary N) is 3. The predicted molar refractivity (Wildman–Crippen MR) is 105 cm³/mol. The van der Waals surface area contributed by atoms with E-state index < -0.39 is 0 Å². The number of benzene rings is 1. The number of nitrogens with zero attached hydrogens (tertiary/aromatic N) is 3. The summed E-state index contributed by atoms with van der Waals surface area (Å²) in [6.07, 6.45) is 10.4. The van der Waals surface area contributed by atoms with Crippen LogP contribution in [0.1, 0.15) is 0 Å². The molecule has 0 unspecified atom stereocenters. The Kier molecular flexibility index (Phi) is 3.79. The van der Waals surface area contributed by atoms with Gasteiger partial charge < -0.3 is 19.5 Å². The van der Waals surface area contributed by atoms with Gasteiger partial charge in [0.15, 0.2) is 0 Å². The first kappa shape index (κ1) is 16.1. The quantitative estimate of drug-likeness (QED) is 0.423. The summed E-state index contributed by atoms with van der Waals surface area (Å²) in [4.78, 5) is 12.0. The number of aromatic nitrogens is 5. The molecular formula is C20H16N6O2. The van der Waals surface area contributed by atoms with Crippen molar-refractivity contribution in [3.8, 4) is 28.0 Å². The second kappa shape index (κ2) is 6.58. The molecule has 28 heavy (non-hydrogen) atoms. The van der Waals surface area contributed by atoms with E-state index in [0.717, 1.165) is 39.0 Å². The van der Waals surface area contributed by atoms with Crippen molar-refractivity contribution in [3.63, 3.8) is 0 Å². The van der Waals surface area contributed by atoms with Gasteiger partial charge >= 0.3 is 0 Å². The van der Waals surface area contributed by atoms with Crippen LogP contribution in [0.25, 0.3) is 33.3 Å². The molecule has 8 nitrogen and oxygen atoms in total. The number of H-pyrrole nitrogens is 2. The van der Waals surface area contributed by atoms with Crippen molar-refractivity contribution >= 4 is 22.5 Å². The van der Waals surface area contributed by atoms with E-state index in [9.17, 15) is 0 Å². The maximum absolute atomic E-state index is 5.53. The van der Waals surface area contributed by atoms with E-state index in [1.807, 2.05) is 36.7 Å². The van der Waals surface area contributed by atoms with Crippen LogP contribution in [-0.2, 0) is 0 Å². The second-order valence-corrected chi connectivity index (χ2v) is 6.19. The van der Waals surface area contributed by atoms with Crippen molar-refractivity contribution < 1.29 is 9.15 Å². The molecule has 3 N–H and O–H groups in total. The third kappa shape index (κ3) is 2.67. The number of fused-ring (bicyclic) bond motifs is 1. The minimum absolute atomic E-state index is 0.671. The second-order valence-electron chi connectivity index (χ2n) is 6.19. The van der Waals surface area contributed by atoms with E-state index in [1.54, 1.807) is 25.8 Å². The Bertz CT molecular complexity index is 1230. The summed E-state index contributed by atoms with van der Waals surface area (Å²) in [7, 11) is 1.64. The smallest absolute Gasteiger partial charge is 0.144 e. The molecule has 4 heterocycles. The molecule has 0 aliphatic heterocycles. The summed E-state index contributed by atoms with van der Waals surface area (Å²) in [5, 5.41) is 11.2. The van der Waals surface area contributed by atoms with Gasteiger partial charge in [-0.25, -0.2) is 9.97 Å². The highest BCUT2D eigenvalue weighted by atomic mass is 16.5. The molecule has 0 amide bonds. The van der Waals surface area contributed by atoms with E-state index in [1.165, 1.54) is 6.33 Å². The van der Waals surface area contributed by atoms with Gasteiger partial charge in [0, 0.05) is 29.1 Å². The molecule has 1 aromatic carbocycles. The Labute approximate surface area is 159 Å². The topological polar surface area (TPSA) is 105 Å². The first-order valence-corrected chi connectivity index (χ1v) is 8.62. The minimum atomic E-state index is 0.671. The fourth-order valence-electron chi connectivity index (χ4n) is 3.22. The number of hydrogen-bond donors (Lipinski definition) is 3. The van der Waals surface area contributed by atoms with Gasteiger partial charge in [0.1, 0.15) is 23.5 Å². The summed E-state index contributed by atoms with van der Waals surface area (Å²) in [5.74, 6) is 1.38. The van der Waals surface area contributed by atoms with Crippen molar-refractivity contribution in [2.24, 2.45) is 0 Å². The maximum Gasteiger partial charge on any atom is 0.144 e. The molecule has 0 saturated heterocycles. The van der Waals surface area contributed by atoms with Crippen molar-refractivity contribution in [1.82, 2.24) is 25.1 Å². The van der Waals surface area contributed by atoms with E-state index in [4.69, 9.17) is 9.15 Å². The lowest BCUT2D eigenvalue weighted by Gasteiger charge is -2.13. The van der Waals surface area contributed by atoms with Crippen LogP contribution in [0.2, 0.25) is 0 Å². The van der Waals surface area contributed by atoms with Crippen LogP contribution in [-0.4, -0.2) is 32.3 Å². The van der Waals surface area contributed by atoms with Crippen molar-refractivity contribution in [3.05, 3.63) is 61.7 Å². The minimum Gasteiger partial charge on any atom is -0.495 e. The number of aromatic amines is 2. The van der Waals surface area contributed by atoms with Gasteiger partial charge in [-0.05, 0) is 23.8 Å². The number of anilines is 2. The van der Waals surface area contributed by atoms with Crippen LogP contribution in [0, 0.1) is 0 Å². The van der Waals surface area contributed by atoms with E-state index in [-0.39, 0.29) is 0 Å². The van der Waals surface area contributed by atoms with Crippen LogP contribution in [0.15, 0.2) is 66.1 Å². The molecule has 5 aromatic rings. The molecule has 0 radical (unpaired) electrons. The summed E-state index contributed by atoms with van der Waals surface area (Å²) in [6, 6.07) is 7.81. The van der Waals surface area contributed by atoms with E-state index in [2.05, 4.69) is 30.5 Å². The molecule has 5 rings (SSSR count). The molecule has 8 heteroatoms. The number of furan rings is 1. The van der Waals surface area contributed by atoms with Crippen LogP contribution in [0.3, 0.4) is 0 Å². The Morgan fingerprint density at radius 3 is 2.82 bits per heavy atom. The molecule has 0 bridgehead atoms. The monoisotopic (exact) mass is 372 g/mol. The SMILES string of the molecule is COc1ccc(-c2ccoc2)cc1Nc1ncnc2[nH]cc(-c3cn[nH]c3)c12. The van der Waals surface area contributed by atoms with Gasteiger partial charge in [0.05, 0.1) is 36.9 Å². The van der Waals surface area contributed by atoms with Gasteiger partial charge in [-0.15, -0.1) is 0 Å². The van der Waals surface area contributed by atoms with E-state index in [0.29, 0.717) is 11.6 Å². The molecule has 0 aliphatic rings. The molecule has 0 saturated carbocycles. The van der Waals surface area contributed by atoms with Crippen LogP contribution in [0.4, 0.5) is 11.5 Å². The van der Waals surface area contributed by atoms with Crippen molar-refractivity contribution in [2.75, 3.05) is 12.4 Å². The Morgan fingerprint density at radius 1 is 1.07 bits per heavy atom. The Hall–Kier alpha value is -4.07. The largest absolute Gasteiger partial charge is 0.495 e. The molecule has 0 spiro atoms. The van der Waals surface area contributed by atoms with Gasteiger partial charge in [0.25, 0.3) is 0 Å². The van der Waals surface area contributed by atoms with E-state index >= 15 is 0 Å². The maximum atomic E-state index is 5.53. The Morgan fingerprint density at radius 2 is 2.04 bits per heavy atom. The van der Waals surface area contributed by atoms with Crippen molar-refractivity contribution in [2.45, 2.75) is 0 Å². The average molecular weight is 372 g/mol. The lowest BCUT2D eigenvalue weighted by Crippen LogP contribution is -1.98. The number of rotatable bonds is 5. The van der Waals surface area contributed by atoms with Crippen LogP contribution >= 0.6 is 0 Å². The van der Waals surface area contributed by atoms with Gasteiger partial charge in [0.2, 0.25) is 0 Å². The summed E-state index contributed by atoms with van der Waals surface area (Å²) < 4.78 is 10.7. The third-order valence-electron chi connectivity index (χ3n) is 4.59. The zero-order valence-electron chi connectivity index (χ0n) is 14.9. The summed E-state index contributed by atoms with van der Waals surface area (Å²) in [6.45, 7) is 0. The van der Waals surface area contributed by atoms with Crippen LogP contribution < -0.4 is 10.1 Å². The molecule has 0 atom stereocenters. The fraction of sp³-hybridized carbons (Fsp3) is 0.0500. The zero-order chi connectivity index (χ0) is 18.9. The zero-order valence-corrected chi connectivity index (χ0v) is 14.9. The third-order valence-corrected chi connectivity index (χ3v) is 4.59. The Balaban J connectivity index is 1.62. The van der Waals surface area contributed by atoms with Gasteiger partial charge in [-0.3, -0.25) is 5.10 Å². The highest BCUT2D eigenvalue weighted by Gasteiger charge is 2.15. The molecule has 0 aliphatic carbocycles. The molecule has 138 valence electrons. The predicted octanol–water partition coefficient (Wildman–Crippen LogP) is 4.36. The summed E-state index contributed by atoms with van der Waals surface area (Å²) in [5.41, 5.74) is 5.42. The first-order valence-electron chi connectivity index (χ1n) is 8.62.